The fourth-order valence-electron chi connectivity index (χ4n) is 4.00. The van der Waals surface area contributed by atoms with Crippen molar-refractivity contribution in [2.45, 2.75) is 40.0 Å². The number of anilines is 1. The minimum absolute atomic E-state index is 0.0275. The molecule has 174 valence electrons. The second kappa shape index (κ2) is 10.2. The Labute approximate surface area is 197 Å². The minimum atomic E-state index is -0.277. The number of thiazole rings is 1. The Kier molecular flexibility index (Phi) is 7.13. The molecule has 2 heterocycles. The average molecular weight is 468 g/mol. The number of piperidine rings is 1. The Bertz CT molecular complexity index is 1170. The van der Waals surface area contributed by atoms with Crippen molar-refractivity contribution in [2.24, 2.45) is 0 Å². The molecule has 33 heavy (non-hydrogen) atoms. The van der Waals surface area contributed by atoms with Crippen LogP contribution in [0.1, 0.15) is 47.7 Å². The Morgan fingerprint density at radius 2 is 1.85 bits per heavy atom. The second-order valence-corrected chi connectivity index (χ2v) is 9.26. The van der Waals surface area contributed by atoms with Crippen LogP contribution in [-0.4, -0.2) is 48.0 Å². The van der Waals surface area contributed by atoms with Gasteiger partial charge in [-0.2, -0.15) is 0 Å². The summed E-state index contributed by atoms with van der Waals surface area (Å²) in [5.41, 5.74) is 3.58. The number of nitrogens with zero attached hydrogens (tertiary/aromatic N) is 2. The zero-order valence-electron chi connectivity index (χ0n) is 19.3. The first-order valence-electron chi connectivity index (χ1n) is 11.3. The monoisotopic (exact) mass is 467 g/mol. The van der Waals surface area contributed by atoms with E-state index in [0.717, 1.165) is 47.3 Å². The van der Waals surface area contributed by atoms with Crippen molar-refractivity contribution in [2.75, 3.05) is 31.6 Å². The van der Waals surface area contributed by atoms with Crippen LogP contribution in [-0.2, 0) is 4.79 Å². The van der Waals surface area contributed by atoms with E-state index in [-0.39, 0.29) is 18.4 Å². The van der Waals surface area contributed by atoms with Crippen LogP contribution >= 0.6 is 11.3 Å². The minimum Gasteiger partial charge on any atom is -0.490 e. The van der Waals surface area contributed by atoms with Crippen LogP contribution in [0.5, 0.6) is 11.5 Å². The molecule has 0 saturated carbocycles. The molecular weight excluding hydrogens is 438 g/mol. The van der Waals surface area contributed by atoms with Crippen LogP contribution in [0.2, 0.25) is 0 Å². The normalized spacial score (nSPS) is 13.7. The number of ether oxygens (including phenoxy) is 2. The topological polar surface area (TPSA) is 80.8 Å². The lowest BCUT2D eigenvalue weighted by atomic mass is 10.1. The van der Waals surface area contributed by atoms with Gasteiger partial charge in [0.05, 0.1) is 16.8 Å². The Morgan fingerprint density at radius 1 is 1.06 bits per heavy atom. The quantitative estimate of drug-likeness (QED) is 0.531. The number of carbonyl (C=O) groups excluding carboxylic acids is 2. The molecule has 3 aromatic rings. The lowest BCUT2D eigenvalue weighted by Gasteiger charge is -2.26. The summed E-state index contributed by atoms with van der Waals surface area (Å²) in [4.78, 5) is 31.7. The van der Waals surface area contributed by atoms with Crippen molar-refractivity contribution in [1.82, 2.24) is 9.88 Å². The molecule has 1 N–H and O–H groups in total. The maximum absolute atomic E-state index is 12.9. The number of benzene rings is 2. The van der Waals surface area contributed by atoms with Crippen LogP contribution in [0.15, 0.2) is 30.3 Å². The maximum Gasteiger partial charge on any atom is 0.260 e. The predicted molar refractivity (Wildman–Crippen MR) is 131 cm³/mol. The first-order chi connectivity index (χ1) is 15.9. The molecule has 1 aliphatic heterocycles. The van der Waals surface area contributed by atoms with Gasteiger partial charge in [0.2, 0.25) is 0 Å². The van der Waals surface area contributed by atoms with E-state index < -0.39 is 0 Å². The standard InChI is InChI=1S/C25H29N3O4S/c1-4-31-20-14-18(8-9-19(20)32-15-22(29)28-10-6-5-7-11-28)24(30)27-25-26-23-17(3)12-16(2)13-21(23)33-25/h8-9,12-14H,4-7,10-11,15H2,1-3H3,(H,26,27,30). The van der Waals surface area contributed by atoms with E-state index in [9.17, 15) is 9.59 Å². The summed E-state index contributed by atoms with van der Waals surface area (Å²) in [6, 6.07) is 9.13. The number of aromatic nitrogens is 1. The molecule has 7 nitrogen and oxygen atoms in total. The van der Waals surface area contributed by atoms with Crippen LogP contribution in [0.3, 0.4) is 0 Å². The average Bonchev–Trinajstić information content (AvgIpc) is 3.21. The second-order valence-electron chi connectivity index (χ2n) is 8.23. The third-order valence-corrected chi connectivity index (χ3v) is 6.53. The molecule has 1 saturated heterocycles. The molecule has 0 radical (unpaired) electrons. The lowest BCUT2D eigenvalue weighted by molar-refractivity contribution is -0.134. The van der Waals surface area contributed by atoms with Crippen molar-refractivity contribution >= 4 is 38.5 Å². The molecule has 4 rings (SSSR count). The van der Waals surface area contributed by atoms with Gasteiger partial charge in [-0.1, -0.05) is 17.4 Å². The number of fused-ring (bicyclic) bond motifs is 1. The number of carbonyl (C=O) groups is 2. The third-order valence-electron chi connectivity index (χ3n) is 5.62. The van der Waals surface area contributed by atoms with Gasteiger partial charge in [0.25, 0.3) is 11.8 Å². The van der Waals surface area contributed by atoms with Gasteiger partial charge < -0.3 is 14.4 Å². The SMILES string of the molecule is CCOc1cc(C(=O)Nc2nc3c(C)cc(C)cc3s2)ccc1OCC(=O)N1CCCCC1. The first-order valence-corrected chi connectivity index (χ1v) is 12.1. The highest BCUT2D eigenvalue weighted by atomic mass is 32.1. The number of rotatable bonds is 7. The summed E-state index contributed by atoms with van der Waals surface area (Å²) < 4.78 is 12.5. The smallest absolute Gasteiger partial charge is 0.260 e. The van der Waals surface area contributed by atoms with Gasteiger partial charge in [-0.3, -0.25) is 14.9 Å². The van der Waals surface area contributed by atoms with Crippen LogP contribution in [0.25, 0.3) is 10.2 Å². The van der Waals surface area contributed by atoms with Gasteiger partial charge in [0, 0.05) is 18.7 Å². The predicted octanol–water partition coefficient (Wildman–Crippen LogP) is 4.96. The van der Waals surface area contributed by atoms with E-state index in [1.807, 2.05) is 25.7 Å². The van der Waals surface area contributed by atoms with E-state index in [0.29, 0.717) is 28.8 Å². The molecule has 8 heteroatoms. The lowest BCUT2D eigenvalue weighted by Crippen LogP contribution is -2.38. The zero-order chi connectivity index (χ0) is 23.4. The van der Waals surface area contributed by atoms with E-state index in [2.05, 4.69) is 22.4 Å². The van der Waals surface area contributed by atoms with Gasteiger partial charge in [-0.25, -0.2) is 4.98 Å². The summed E-state index contributed by atoms with van der Waals surface area (Å²) in [5, 5.41) is 3.44. The molecule has 2 amide bonds. The van der Waals surface area contributed by atoms with Gasteiger partial charge in [-0.15, -0.1) is 0 Å². The summed E-state index contributed by atoms with van der Waals surface area (Å²) in [6.07, 6.45) is 3.24. The van der Waals surface area contributed by atoms with Crippen LogP contribution < -0.4 is 14.8 Å². The van der Waals surface area contributed by atoms with E-state index in [1.54, 1.807) is 18.2 Å². The van der Waals surface area contributed by atoms with Crippen molar-refractivity contribution in [3.8, 4) is 11.5 Å². The third kappa shape index (κ3) is 5.45. The van der Waals surface area contributed by atoms with E-state index in [1.165, 1.54) is 17.8 Å². The van der Waals surface area contributed by atoms with Crippen LogP contribution in [0.4, 0.5) is 5.13 Å². The molecule has 1 fully saturated rings. The van der Waals surface area contributed by atoms with Gasteiger partial charge >= 0.3 is 0 Å². The summed E-state index contributed by atoms with van der Waals surface area (Å²) in [5.74, 6) is 0.581. The number of aryl methyl sites for hydroxylation is 2. The van der Waals surface area contributed by atoms with E-state index >= 15 is 0 Å². The van der Waals surface area contributed by atoms with Crippen molar-refractivity contribution < 1.29 is 19.1 Å². The largest absolute Gasteiger partial charge is 0.490 e. The molecule has 0 atom stereocenters. The number of likely N-dealkylation sites (tertiary alicyclic amines) is 1. The Morgan fingerprint density at radius 3 is 2.61 bits per heavy atom. The Hall–Kier alpha value is -3.13. The number of hydrogen-bond acceptors (Lipinski definition) is 6. The fourth-order valence-corrected chi connectivity index (χ4v) is 5.04. The van der Waals surface area contributed by atoms with Gasteiger partial charge in [0.15, 0.2) is 23.2 Å². The molecule has 1 aliphatic rings. The van der Waals surface area contributed by atoms with Gasteiger partial charge in [-0.05, 0) is 75.4 Å². The molecule has 0 bridgehead atoms. The van der Waals surface area contributed by atoms with Crippen molar-refractivity contribution in [1.29, 1.82) is 0 Å². The highest BCUT2D eigenvalue weighted by Gasteiger charge is 2.19. The molecule has 1 aromatic heterocycles. The summed E-state index contributed by atoms with van der Waals surface area (Å²) >= 11 is 1.45. The molecular formula is C25H29N3O4S. The Balaban J connectivity index is 1.46. The summed E-state index contributed by atoms with van der Waals surface area (Å²) in [6.45, 7) is 7.86. The summed E-state index contributed by atoms with van der Waals surface area (Å²) in [7, 11) is 0. The molecule has 2 aromatic carbocycles. The number of amides is 2. The molecule has 0 spiro atoms. The maximum atomic E-state index is 12.9. The fraction of sp³-hybridized carbons (Fsp3) is 0.400. The first kappa shape index (κ1) is 23.0. The van der Waals surface area contributed by atoms with Gasteiger partial charge in [0.1, 0.15) is 0 Å². The number of nitrogens with one attached hydrogen (secondary N) is 1. The zero-order valence-corrected chi connectivity index (χ0v) is 20.1. The highest BCUT2D eigenvalue weighted by Crippen LogP contribution is 2.31. The molecule has 0 aliphatic carbocycles. The molecule has 0 unspecified atom stereocenters. The van der Waals surface area contributed by atoms with Crippen molar-refractivity contribution in [3.63, 3.8) is 0 Å². The van der Waals surface area contributed by atoms with E-state index in [4.69, 9.17) is 9.47 Å². The van der Waals surface area contributed by atoms with Crippen LogP contribution in [0, 0.1) is 13.8 Å². The highest BCUT2D eigenvalue weighted by molar-refractivity contribution is 7.22. The number of hydrogen-bond donors (Lipinski definition) is 1. The van der Waals surface area contributed by atoms with Crippen molar-refractivity contribution in [3.05, 3.63) is 47.0 Å².